The van der Waals surface area contributed by atoms with Crippen LogP contribution in [-0.4, -0.2) is 7.85 Å². The average Bonchev–Trinajstić information content (AvgIpc) is 2.13. The van der Waals surface area contributed by atoms with Gasteiger partial charge in [-0.2, -0.15) is 0 Å². The smallest absolute Gasteiger partial charge is 0.121 e. The van der Waals surface area contributed by atoms with Crippen molar-refractivity contribution in [1.29, 1.82) is 0 Å². The van der Waals surface area contributed by atoms with Crippen LogP contribution >= 0.6 is 0 Å². The molecular weight excluding hydrogens is 174 g/mol. The number of hydrogen-bond donors (Lipinski definition) is 0. The summed E-state index contributed by atoms with van der Waals surface area (Å²) in [6, 6.07) is 0. The number of hydrogen-bond acceptors (Lipinski definition) is 0. The maximum absolute atomic E-state index is 13.5. The van der Waals surface area contributed by atoms with Crippen LogP contribution in [0.15, 0.2) is 35.6 Å². The average molecular weight is 192 g/mol. The van der Waals surface area contributed by atoms with E-state index in [0.29, 0.717) is 11.4 Å². The summed E-state index contributed by atoms with van der Waals surface area (Å²) < 4.78 is 13.5. The Hall–Kier alpha value is -0.785. The fourth-order valence-corrected chi connectivity index (χ4v) is 1.21. The largest absolute Gasteiger partial charge is 0.207 e. The summed E-state index contributed by atoms with van der Waals surface area (Å²) in [5.74, 6) is 0.257. The highest BCUT2D eigenvalue weighted by molar-refractivity contribution is 6.23. The summed E-state index contributed by atoms with van der Waals surface area (Å²) >= 11 is 0. The van der Waals surface area contributed by atoms with Gasteiger partial charge < -0.3 is 0 Å². The van der Waals surface area contributed by atoms with Crippen molar-refractivity contribution in [2.45, 2.75) is 33.6 Å². The van der Waals surface area contributed by atoms with Gasteiger partial charge in [-0.25, -0.2) is 4.39 Å². The molecular formula is C12H18BF. The molecule has 0 nitrogen and oxygen atoms in total. The van der Waals surface area contributed by atoms with E-state index in [1.165, 1.54) is 12.2 Å². The van der Waals surface area contributed by atoms with Gasteiger partial charge in [0, 0.05) is 0 Å². The van der Waals surface area contributed by atoms with E-state index in [4.69, 9.17) is 7.85 Å². The summed E-state index contributed by atoms with van der Waals surface area (Å²) in [4.78, 5) is 0. The van der Waals surface area contributed by atoms with Gasteiger partial charge in [-0.1, -0.05) is 38.9 Å². The minimum atomic E-state index is -0.210. The zero-order valence-corrected chi connectivity index (χ0v) is 9.31. The molecule has 0 aliphatic carbocycles. The topological polar surface area (TPSA) is 0 Å². The van der Waals surface area contributed by atoms with Gasteiger partial charge in [0.05, 0.1) is 0 Å². The monoisotopic (exact) mass is 192 g/mol. The molecule has 0 amide bonds. The molecule has 0 heterocycles. The fraction of sp³-hybridized carbons (Fsp3) is 0.500. The lowest BCUT2D eigenvalue weighted by Crippen LogP contribution is -1.93. The molecule has 0 atom stereocenters. The zero-order chi connectivity index (χ0) is 11.1. The predicted octanol–water partition coefficient (Wildman–Crippen LogP) is 3.90. The van der Waals surface area contributed by atoms with Crippen molar-refractivity contribution in [2.75, 3.05) is 0 Å². The van der Waals surface area contributed by atoms with E-state index >= 15 is 0 Å². The summed E-state index contributed by atoms with van der Waals surface area (Å²) in [7, 11) is 5.47. The highest BCUT2D eigenvalue weighted by Crippen LogP contribution is 2.20. The third-order valence-electron chi connectivity index (χ3n) is 1.95. The second-order valence-electron chi connectivity index (χ2n) is 3.75. The van der Waals surface area contributed by atoms with Crippen molar-refractivity contribution in [3.63, 3.8) is 0 Å². The van der Waals surface area contributed by atoms with Gasteiger partial charge in [0.2, 0.25) is 0 Å². The molecule has 0 bridgehead atoms. The highest BCUT2D eigenvalue weighted by atomic mass is 19.1. The summed E-state index contributed by atoms with van der Waals surface area (Å²) in [5.41, 5.74) is 1.20. The minimum absolute atomic E-state index is 0.210. The first kappa shape index (κ1) is 13.2. The molecule has 2 heteroatoms. The summed E-state index contributed by atoms with van der Waals surface area (Å²) in [5, 5.41) is 0. The zero-order valence-electron chi connectivity index (χ0n) is 9.31. The van der Waals surface area contributed by atoms with E-state index < -0.39 is 0 Å². The van der Waals surface area contributed by atoms with Crippen LogP contribution in [0.3, 0.4) is 0 Å². The first-order valence-corrected chi connectivity index (χ1v) is 4.98. The lowest BCUT2D eigenvalue weighted by atomic mass is 9.93. The number of allylic oxidation sites excluding steroid dienone is 5. The molecule has 0 aromatic carbocycles. The van der Waals surface area contributed by atoms with Crippen molar-refractivity contribution < 1.29 is 4.39 Å². The van der Waals surface area contributed by atoms with Crippen molar-refractivity contribution in [3.05, 3.63) is 35.6 Å². The Kier molecular flexibility index (Phi) is 6.26. The van der Waals surface area contributed by atoms with E-state index in [-0.39, 0.29) is 5.83 Å². The van der Waals surface area contributed by atoms with Gasteiger partial charge in [-0.05, 0) is 30.4 Å². The number of rotatable bonds is 5. The van der Waals surface area contributed by atoms with Gasteiger partial charge in [0.15, 0.2) is 0 Å². The normalized spacial score (nSPS) is 14.2. The fourth-order valence-electron chi connectivity index (χ4n) is 1.21. The molecule has 0 spiro atoms. The second kappa shape index (κ2) is 6.64. The van der Waals surface area contributed by atoms with Crippen LogP contribution in [0.25, 0.3) is 0 Å². The molecule has 76 valence electrons. The third kappa shape index (κ3) is 5.06. The minimum Gasteiger partial charge on any atom is -0.207 e. The van der Waals surface area contributed by atoms with Crippen LogP contribution in [0.1, 0.15) is 33.6 Å². The van der Waals surface area contributed by atoms with Crippen LogP contribution in [-0.2, 0) is 0 Å². The van der Waals surface area contributed by atoms with Gasteiger partial charge >= 0.3 is 0 Å². The standard InChI is InChI=1S/C12H18BF/c1-5-10(7-9(3)4)12(14)8-11(13)6-2/h6,8-9H,2,5,7H2,1,3-4H3/b11-8+,12-10-. The molecule has 0 rings (SSSR count). The van der Waals surface area contributed by atoms with E-state index in [2.05, 4.69) is 20.4 Å². The molecule has 0 aromatic rings. The SMILES string of the molecule is [B]/C(C=C)=C/C(F)=C(\CC)CC(C)C. The van der Waals surface area contributed by atoms with Gasteiger partial charge in [-0.15, -0.1) is 0 Å². The third-order valence-corrected chi connectivity index (χ3v) is 1.95. The molecule has 0 aliphatic heterocycles. The first-order chi connectivity index (χ1) is 6.51. The maximum Gasteiger partial charge on any atom is 0.121 e. The molecule has 0 saturated heterocycles. The summed E-state index contributed by atoms with van der Waals surface area (Å²) in [6.45, 7) is 9.58. The Balaban J connectivity index is 4.74. The quantitative estimate of drug-likeness (QED) is 0.457. The lowest BCUT2D eigenvalue weighted by molar-refractivity contribution is 0.583. The molecule has 0 aliphatic rings. The Morgan fingerprint density at radius 1 is 1.50 bits per heavy atom. The molecule has 2 radical (unpaired) electrons. The highest BCUT2D eigenvalue weighted by Gasteiger charge is 2.04. The number of halogens is 1. The molecule has 0 aromatic heterocycles. The van der Waals surface area contributed by atoms with Crippen LogP contribution in [0.4, 0.5) is 4.39 Å². The van der Waals surface area contributed by atoms with Crippen LogP contribution in [0, 0.1) is 5.92 Å². The molecule has 0 fully saturated rings. The molecule has 0 saturated carbocycles. The van der Waals surface area contributed by atoms with E-state index in [1.807, 2.05) is 6.92 Å². The van der Waals surface area contributed by atoms with Gasteiger partial charge in [0.1, 0.15) is 13.7 Å². The first-order valence-electron chi connectivity index (χ1n) is 4.98. The lowest BCUT2D eigenvalue weighted by Gasteiger charge is -2.08. The Labute approximate surface area is 88.0 Å². The predicted molar refractivity (Wildman–Crippen MR) is 61.9 cm³/mol. The van der Waals surface area contributed by atoms with Crippen molar-refractivity contribution >= 4 is 7.85 Å². The Morgan fingerprint density at radius 3 is 2.43 bits per heavy atom. The molecule has 0 unspecified atom stereocenters. The molecule has 14 heavy (non-hydrogen) atoms. The van der Waals surface area contributed by atoms with Crippen LogP contribution in [0.5, 0.6) is 0 Å². The molecule has 0 N–H and O–H groups in total. The van der Waals surface area contributed by atoms with Crippen molar-refractivity contribution in [2.24, 2.45) is 5.92 Å². The Morgan fingerprint density at radius 2 is 2.07 bits per heavy atom. The Bertz CT molecular complexity index is 249. The van der Waals surface area contributed by atoms with E-state index in [1.54, 1.807) is 0 Å². The van der Waals surface area contributed by atoms with E-state index in [0.717, 1.165) is 18.4 Å². The van der Waals surface area contributed by atoms with Gasteiger partial charge in [-0.3, -0.25) is 0 Å². The summed E-state index contributed by atoms with van der Waals surface area (Å²) in [6.07, 6.45) is 4.30. The van der Waals surface area contributed by atoms with Crippen LogP contribution in [0.2, 0.25) is 0 Å². The van der Waals surface area contributed by atoms with Gasteiger partial charge in [0.25, 0.3) is 0 Å². The van der Waals surface area contributed by atoms with Crippen LogP contribution < -0.4 is 0 Å². The maximum atomic E-state index is 13.5. The van der Waals surface area contributed by atoms with Crippen molar-refractivity contribution in [3.8, 4) is 0 Å². The van der Waals surface area contributed by atoms with Crippen molar-refractivity contribution in [1.82, 2.24) is 0 Å². The second-order valence-corrected chi connectivity index (χ2v) is 3.75. The van der Waals surface area contributed by atoms with E-state index in [9.17, 15) is 4.39 Å².